The van der Waals surface area contributed by atoms with Gasteiger partial charge in [0, 0.05) is 15.3 Å². The number of hydrogen-bond acceptors (Lipinski definition) is 3. The van der Waals surface area contributed by atoms with Crippen LogP contribution >= 0.6 is 22.6 Å². The van der Waals surface area contributed by atoms with Gasteiger partial charge in [0.15, 0.2) is 0 Å². The van der Waals surface area contributed by atoms with Crippen molar-refractivity contribution >= 4 is 34.2 Å². The maximum atomic E-state index is 12.9. The molecule has 1 aromatic heterocycles. The Labute approximate surface area is 121 Å². The van der Waals surface area contributed by atoms with Crippen LogP contribution < -0.4 is 10.9 Å². The second-order valence-corrected chi connectivity index (χ2v) is 4.97. The molecule has 1 aromatic carbocycles. The van der Waals surface area contributed by atoms with Crippen LogP contribution in [0.2, 0.25) is 0 Å². The number of nitrogens with zero attached hydrogens (tertiary/aromatic N) is 2. The number of carbonyl (C=O) groups excluding carboxylic acids is 1. The average Bonchev–Trinajstić information content (AvgIpc) is 2.33. The van der Waals surface area contributed by atoms with E-state index in [1.165, 1.54) is 30.5 Å². The van der Waals surface area contributed by atoms with E-state index in [0.29, 0.717) is 9.26 Å². The summed E-state index contributed by atoms with van der Waals surface area (Å²) in [6.45, 7) is -0.216. The van der Waals surface area contributed by atoms with Crippen LogP contribution in [0.1, 0.15) is 0 Å². The second-order valence-electron chi connectivity index (χ2n) is 3.73. The van der Waals surface area contributed by atoms with Crippen molar-refractivity contribution in [1.29, 1.82) is 0 Å². The summed E-state index contributed by atoms with van der Waals surface area (Å²) in [4.78, 5) is 23.2. The van der Waals surface area contributed by atoms with Crippen LogP contribution in [0.25, 0.3) is 0 Å². The van der Waals surface area contributed by atoms with Crippen LogP contribution in [0.3, 0.4) is 0 Å². The molecular weight excluding hydrogens is 364 g/mol. The van der Waals surface area contributed by atoms with Gasteiger partial charge in [-0.3, -0.25) is 9.59 Å². The normalized spacial score (nSPS) is 10.2. The van der Waals surface area contributed by atoms with Gasteiger partial charge in [-0.05, 0) is 40.8 Å². The van der Waals surface area contributed by atoms with Gasteiger partial charge < -0.3 is 5.32 Å². The molecule has 5 nitrogen and oxygen atoms in total. The van der Waals surface area contributed by atoms with Crippen molar-refractivity contribution in [1.82, 2.24) is 9.78 Å². The number of anilines is 1. The van der Waals surface area contributed by atoms with E-state index >= 15 is 0 Å². The van der Waals surface area contributed by atoms with Crippen molar-refractivity contribution in [2.75, 3.05) is 5.32 Å². The first-order chi connectivity index (χ1) is 9.04. The molecule has 1 N–H and O–H groups in total. The number of carbonyl (C=O) groups is 1. The fourth-order valence-corrected chi connectivity index (χ4v) is 1.82. The molecule has 98 valence electrons. The Morgan fingerprint density at radius 3 is 2.89 bits per heavy atom. The van der Waals surface area contributed by atoms with Crippen molar-refractivity contribution in [3.63, 3.8) is 0 Å². The van der Waals surface area contributed by atoms with Crippen LogP contribution in [0, 0.1) is 9.39 Å². The van der Waals surface area contributed by atoms with Crippen molar-refractivity contribution < 1.29 is 9.18 Å². The van der Waals surface area contributed by atoms with Crippen LogP contribution in [0.4, 0.5) is 10.1 Å². The van der Waals surface area contributed by atoms with Gasteiger partial charge in [-0.2, -0.15) is 5.10 Å². The third kappa shape index (κ3) is 3.85. The quantitative estimate of drug-likeness (QED) is 0.832. The summed E-state index contributed by atoms with van der Waals surface area (Å²) in [6.07, 6.45) is 1.48. The molecule has 7 heteroatoms. The zero-order valence-corrected chi connectivity index (χ0v) is 11.8. The molecule has 0 aliphatic heterocycles. The Bertz CT molecular complexity index is 672. The van der Waals surface area contributed by atoms with Crippen LogP contribution in [0.5, 0.6) is 0 Å². The van der Waals surface area contributed by atoms with Crippen molar-refractivity contribution in [2.45, 2.75) is 6.54 Å². The van der Waals surface area contributed by atoms with Crippen molar-refractivity contribution in [2.24, 2.45) is 0 Å². The smallest absolute Gasteiger partial charge is 0.268 e. The van der Waals surface area contributed by atoms with E-state index in [-0.39, 0.29) is 12.1 Å². The molecule has 1 amide bonds. The fraction of sp³-hybridized carbons (Fsp3) is 0.0833. The van der Waals surface area contributed by atoms with Gasteiger partial charge in [0.05, 0.1) is 6.20 Å². The molecule has 0 aliphatic carbocycles. The lowest BCUT2D eigenvalue weighted by Gasteiger charge is -2.06. The molecular formula is C12H9FIN3O2. The Kier molecular flexibility index (Phi) is 4.25. The largest absolute Gasteiger partial charge is 0.324 e. The lowest BCUT2D eigenvalue weighted by molar-refractivity contribution is -0.117. The van der Waals surface area contributed by atoms with Crippen LogP contribution in [0.15, 0.2) is 41.3 Å². The number of benzene rings is 1. The van der Waals surface area contributed by atoms with E-state index < -0.39 is 11.7 Å². The van der Waals surface area contributed by atoms with E-state index in [0.717, 1.165) is 4.68 Å². The van der Waals surface area contributed by atoms with E-state index in [1.807, 2.05) is 22.6 Å². The fourth-order valence-electron chi connectivity index (χ4n) is 1.43. The highest BCUT2D eigenvalue weighted by Gasteiger charge is 2.06. The third-order valence-electron chi connectivity index (χ3n) is 2.24. The molecule has 1 heterocycles. The molecule has 19 heavy (non-hydrogen) atoms. The molecule has 0 fully saturated rings. The summed E-state index contributed by atoms with van der Waals surface area (Å²) in [5.74, 6) is -0.885. The van der Waals surface area contributed by atoms with Crippen molar-refractivity contribution in [3.05, 3.63) is 56.3 Å². The molecule has 0 atom stereocenters. The second kappa shape index (κ2) is 5.91. The SMILES string of the molecule is O=C(Cn1ncc(I)cc1=O)Nc1cccc(F)c1. The van der Waals surface area contributed by atoms with Crippen molar-refractivity contribution in [3.8, 4) is 0 Å². The molecule has 0 spiro atoms. The molecule has 0 unspecified atom stereocenters. The number of hydrogen-bond donors (Lipinski definition) is 1. The molecule has 0 saturated carbocycles. The summed E-state index contributed by atoms with van der Waals surface area (Å²) in [5.41, 5.74) is -0.0233. The minimum absolute atomic E-state index is 0.216. The highest BCUT2D eigenvalue weighted by Crippen LogP contribution is 2.08. The van der Waals surface area contributed by atoms with E-state index in [9.17, 15) is 14.0 Å². The first-order valence-corrected chi connectivity index (χ1v) is 6.40. The number of rotatable bonds is 3. The Hall–Kier alpha value is -1.77. The molecule has 0 aliphatic rings. The first kappa shape index (κ1) is 13.7. The maximum absolute atomic E-state index is 12.9. The van der Waals surface area contributed by atoms with Crippen LogP contribution in [-0.2, 0) is 11.3 Å². The third-order valence-corrected chi connectivity index (χ3v) is 2.83. The van der Waals surface area contributed by atoms with Crippen LogP contribution in [-0.4, -0.2) is 15.7 Å². The zero-order valence-electron chi connectivity index (χ0n) is 9.64. The average molecular weight is 373 g/mol. The molecule has 0 saturated heterocycles. The lowest BCUT2D eigenvalue weighted by Crippen LogP contribution is -2.29. The molecule has 2 rings (SSSR count). The minimum atomic E-state index is -0.443. The summed E-state index contributed by atoms with van der Waals surface area (Å²) < 4.78 is 14.7. The lowest BCUT2D eigenvalue weighted by atomic mass is 10.3. The summed E-state index contributed by atoms with van der Waals surface area (Å²) >= 11 is 1.96. The number of amides is 1. The number of nitrogens with one attached hydrogen (secondary N) is 1. The summed E-state index contributed by atoms with van der Waals surface area (Å²) in [7, 11) is 0. The standard InChI is InChI=1S/C12H9FIN3O2/c13-8-2-1-3-10(4-8)16-11(18)7-17-12(19)5-9(14)6-15-17/h1-6H,7H2,(H,16,18). The molecule has 2 aromatic rings. The van der Waals surface area contributed by atoms with E-state index in [4.69, 9.17) is 0 Å². The predicted octanol–water partition coefficient (Wildman–Crippen LogP) is 1.63. The van der Waals surface area contributed by atoms with Gasteiger partial charge in [0.2, 0.25) is 5.91 Å². The van der Waals surface area contributed by atoms with Gasteiger partial charge in [-0.1, -0.05) is 6.07 Å². The van der Waals surface area contributed by atoms with Gasteiger partial charge >= 0.3 is 0 Å². The molecule has 0 radical (unpaired) electrons. The van der Waals surface area contributed by atoms with Gasteiger partial charge in [0.1, 0.15) is 12.4 Å². The Morgan fingerprint density at radius 1 is 1.42 bits per heavy atom. The van der Waals surface area contributed by atoms with Gasteiger partial charge in [-0.25, -0.2) is 9.07 Å². The number of aromatic nitrogens is 2. The Morgan fingerprint density at radius 2 is 2.21 bits per heavy atom. The summed E-state index contributed by atoms with van der Waals surface area (Å²) in [6, 6.07) is 6.90. The highest BCUT2D eigenvalue weighted by atomic mass is 127. The first-order valence-electron chi connectivity index (χ1n) is 5.33. The van der Waals surface area contributed by atoms with E-state index in [2.05, 4.69) is 10.4 Å². The monoisotopic (exact) mass is 373 g/mol. The van der Waals surface area contributed by atoms with Gasteiger partial charge in [0.25, 0.3) is 5.56 Å². The minimum Gasteiger partial charge on any atom is -0.324 e. The Balaban J connectivity index is 2.07. The van der Waals surface area contributed by atoms with E-state index in [1.54, 1.807) is 6.07 Å². The number of halogens is 2. The topological polar surface area (TPSA) is 64.0 Å². The zero-order chi connectivity index (χ0) is 13.8. The van der Waals surface area contributed by atoms with Gasteiger partial charge in [-0.15, -0.1) is 0 Å². The highest BCUT2D eigenvalue weighted by molar-refractivity contribution is 14.1. The molecule has 0 bridgehead atoms. The maximum Gasteiger partial charge on any atom is 0.268 e. The predicted molar refractivity (Wildman–Crippen MR) is 76.2 cm³/mol. The summed E-state index contributed by atoms with van der Waals surface area (Å²) in [5, 5.41) is 6.33.